The summed E-state index contributed by atoms with van der Waals surface area (Å²) in [5.74, 6) is 1.38. The van der Waals surface area contributed by atoms with Crippen molar-refractivity contribution >= 4 is 29.3 Å². The molecule has 1 saturated carbocycles. The molecule has 29 heavy (non-hydrogen) atoms. The molecule has 0 bridgehead atoms. The Morgan fingerprint density at radius 1 is 1.31 bits per heavy atom. The fourth-order valence-electron chi connectivity index (χ4n) is 3.11. The van der Waals surface area contributed by atoms with E-state index < -0.39 is 5.91 Å². The second-order valence-corrected chi connectivity index (χ2v) is 8.26. The average Bonchev–Trinajstić information content (AvgIpc) is 3.45. The van der Waals surface area contributed by atoms with Gasteiger partial charge in [-0.05, 0) is 25.0 Å². The molecule has 1 heterocycles. The summed E-state index contributed by atoms with van der Waals surface area (Å²) in [6.45, 7) is 4.38. The van der Waals surface area contributed by atoms with Crippen LogP contribution in [0.3, 0.4) is 0 Å². The van der Waals surface area contributed by atoms with Crippen molar-refractivity contribution in [2.45, 2.75) is 50.2 Å². The maximum atomic E-state index is 13.1. The lowest BCUT2D eigenvalue weighted by Crippen LogP contribution is -2.35. The second-order valence-electron chi connectivity index (χ2n) is 7.32. The van der Waals surface area contributed by atoms with Crippen molar-refractivity contribution in [3.05, 3.63) is 30.1 Å². The summed E-state index contributed by atoms with van der Waals surface area (Å²) in [5.41, 5.74) is 5.93. The van der Waals surface area contributed by atoms with Gasteiger partial charge in [-0.1, -0.05) is 37.7 Å². The third-order valence-electron chi connectivity index (χ3n) is 4.70. The molecule has 1 aromatic heterocycles. The van der Waals surface area contributed by atoms with Crippen molar-refractivity contribution in [2.24, 2.45) is 5.73 Å². The molecule has 2 amide bonds. The number of anilines is 1. The fraction of sp³-hybridized carbons (Fsp3) is 0.500. The van der Waals surface area contributed by atoms with Crippen LogP contribution >= 0.6 is 11.8 Å². The van der Waals surface area contributed by atoms with Gasteiger partial charge in [0.05, 0.1) is 18.6 Å². The number of rotatable bonds is 10. The van der Waals surface area contributed by atoms with Crippen LogP contribution in [0.1, 0.15) is 50.9 Å². The SMILES string of the molecule is COc1ccccc1N(CCC(N)=O)C(=O)CSc1nnc(C(C)C)n1C1CC1. The van der Waals surface area contributed by atoms with Crippen molar-refractivity contribution in [3.63, 3.8) is 0 Å². The molecule has 9 heteroatoms. The van der Waals surface area contributed by atoms with Gasteiger partial charge in [-0.3, -0.25) is 9.59 Å². The normalized spacial score (nSPS) is 13.5. The first-order valence-electron chi connectivity index (χ1n) is 9.71. The van der Waals surface area contributed by atoms with Crippen LogP contribution in [0.5, 0.6) is 5.75 Å². The van der Waals surface area contributed by atoms with Crippen molar-refractivity contribution in [3.8, 4) is 5.75 Å². The number of carbonyl (C=O) groups is 2. The number of methoxy groups -OCH3 is 1. The highest BCUT2D eigenvalue weighted by Gasteiger charge is 2.31. The number of nitrogens with two attached hydrogens (primary N) is 1. The van der Waals surface area contributed by atoms with Crippen molar-refractivity contribution in [2.75, 3.05) is 24.3 Å². The maximum Gasteiger partial charge on any atom is 0.237 e. The number of primary amides is 1. The van der Waals surface area contributed by atoms with Crippen LogP contribution in [0, 0.1) is 0 Å². The number of amides is 2. The molecule has 1 aliphatic rings. The van der Waals surface area contributed by atoms with Crippen molar-refractivity contribution in [1.29, 1.82) is 0 Å². The minimum absolute atomic E-state index is 0.0736. The zero-order valence-electron chi connectivity index (χ0n) is 17.0. The van der Waals surface area contributed by atoms with Gasteiger partial charge in [0, 0.05) is 24.9 Å². The molecule has 3 rings (SSSR count). The van der Waals surface area contributed by atoms with Gasteiger partial charge in [0.2, 0.25) is 11.8 Å². The second kappa shape index (κ2) is 9.30. The van der Waals surface area contributed by atoms with Crippen LogP contribution < -0.4 is 15.4 Å². The summed E-state index contributed by atoms with van der Waals surface area (Å²) in [7, 11) is 1.55. The van der Waals surface area contributed by atoms with Crippen LogP contribution in [0.25, 0.3) is 0 Å². The molecule has 1 aromatic carbocycles. The van der Waals surface area contributed by atoms with E-state index in [2.05, 4.69) is 28.6 Å². The molecule has 0 aliphatic heterocycles. The number of benzene rings is 1. The summed E-state index contributed by atoms with van der Waals surface area (Å²) < 4.78 is 7.56. The predicted octanol–water partition coefficient (Wildman–Crippen LogP) is 2.75. The summed E-state index contributed by atoms with van der Waals surface area (Å²) in [4.78, 5) is 25.9. The Morgan fingerprint density at radius 2 is 2.03 bits per heavy atom. The van der Waals surface area contributed by atoms with Crippen molar-refractivity contribution < 1.29 is 14.3 Å². The lowest BCUT2D eigenvalue weighted by molar-refractivity contribution is -0.118. The summed E-state index contributed by atoms with van der Waals surface area (Å²) in [6.07, 6.45) is 2.31. The molecular formula is C20H27N5O3S. The minimum Gasteiger partial charge on any atom is -0.495 e. The highest BCUT2D eigenvalue weighted by atomic mass is 32.2. The van der Waals surface area contributed by atoms with E-state index in [-0.39, 0.29) is 30.5 Å². The lowest BCUT2D eigenvalue weighted by Gasteiger charge is -2.24. The maximum absolute atomic E-state index is 13.1. The number of carbonyl (C=O) groups excluding carboxylic acids is 2. The number of ether oxygens (including phenoxy) is 1. The standard InChI is InChI=1S/C20H27N5O3S/c1-13(2)19-22-23-20(25(19)14-8-9-14)29-12-18(27)24(11-10-17(21)26)15-6-4-5-7-16(15)28-3/h4-7,13-14H,8-12H2,1-3H3,(H2,21,26). The van der Waals surface area contributed by atoms with E-state index in [1.165, 1.54) is 11.8 Å². The average molecular weight is 418 g/mol. The largest absolute Gasteiger partial charge is 0.495 e. The van der Waals surface area contributed by atoms with E-state index in [0.29, 0.717) is 17.5 Å². The van der Waals surface area contributed by atoms with Gasteiger partial charge in [0.15, 0.2) is 5.16 Å². The van der Waals surface area contributed by atoms with Gasteiger partial charge in [0.25, 0.3) is 0 Å². The van der Waals surface area contributed by atoms with Gasteiger partial charge < -0.3 is 19.9 Å². The summed E-state index contributed by atoms with van der Waals surface area (Å²) in [6, 6.07) is 7.67. The number of thioether (sulfide) groups is 1. The van der Waals surface area contributed by atoms with Gasteiger partial charge in [0.1, 0.15) is 11.6 Å². The molecule has 0 unspecified atom stereocenters. The van der Waals surface area contributed by atoms with E-state index in [0.717, 1.165) is 23.8 Å². The van der Waals surface area contributed by atoms with Crippen LogP contribution in [0.4, 0.5) is 5.69 Å². The Hall–Kier alpha value is -2.55. The van der Waals surface area contributed by atoms with Crippen LogP contribution in [-0.2, 0) is 9.59 Å². The lowest BCUT2D eigenvalue weighted by atomic mass is 10.2. The summed E-state index contributed by atoms with van der Waals surface area (Å²) >= 11 is 1.37. The van der Waals surface area contributed by atoms with Crippen LogP contribution in [-0.4, -0.2) is 46.0 Å². The first-order chi connectivity index (χ1) is 13.9. The molecule has 1 aliphatic carbocycles. The Balaban J connectivity index is 1.78. The van der Waals surface area contributed by atoms with Crippen molar-refractivity contribution in [1.82, 2.24) is 14.8 Å². The third-order valence-corrected chi connectivity index (χ3v) is 5.63. The number of aromatic nitrogens is 3. The third kappa shape index (κ3) is 5.09. The smallest absolute Gasteiger partial charge is 0.237 e. The highest BCUT2D eigenvalue weighted by Crippen LogP contribution is 2.40. The summed E-state index contributed by atoms with van der Waals surface area (Å²) in [5, 5.41) is 9.41. The monoisotopic (exact) mass is 417 g/mol. The molecule has 0 atom stereocenters. The first kappa shape index (κ1) is 21.2. The zero-order valence-corrected chi connectivity index (χ0v) is 17.8. The fourth-order valence-corrected chi connectivity index (χ4v) is 4.00. The van der Waals surface area contributed by atoms with Gasteiger partial charge in [-0.25, -0.2) is 0 Å². The Bertz CT molecular complexity index is 879. The molecule has 2 N–H and O–H groups in total. The van der Waals surface area contributed by atoms with Crippen LogP contribution in [0.2, 0.25) is 0 Å². The van der Waals surface area contributed by atoms with Crippen LogP contribution in [0.15, 0.2) is 29.4 Å². The quantitative estimate of drug-likeness (QED) is 0.596. The number of hydrogen-bond acceptors (Lipinski definition) is 6. The topological polar surface area (TPSA) is 103 Å². The highest BCUT2D eigenvalue weighted by molar-refractivity contribution is 7.99. The number of para-hydroxylation sites is 2. The van der Waals surface area contributed by atoms with E-state index in [1.54, 1.807) is 24.1 Å². The molecule has 156 valence electrons. The molecule has 2 aromatic rings. The Labute approximate surface area is 174 Å². The molecule has 1 fully saturated rings. The number of nitrogens with zero attached hydrogens (tertiary/aromatic N) is 4. The Kier molecular flexibility index (Phi) is 6.79. The predicted molar refractivity (Wildman–Crippen MR) is 112 cm³/mol. The van der Waals surface area contributed by atoms with Gasteiger partial charge >= 0.3 is 0 Å². The molecule has 0 spiro atoms. The van der Waals surface area contributed by atoms with E-state index in [9.17, 15) is 9.59 Å². The Morgan fingerprint density at radius 3 is 2.66 bits per heavy atom. The molecule has 0 radical (unpaired) electrons. The van der Waals surface area contributed by atoms with E-state index in [1.807, 2.05) is 12.1 Å². The van der Waals surface area contributed by atoms with Gasteiger partial charge in [-0.2, -0.15) is 0 Å². The zero-order chi connectivity index (χ0) is 21.0. The van der Waals surface area contributed by atoms with E-state index >= 15 is 0 Å². The molecular weight excluding hydrogens is 390 g/mol. The first-order valence-corrected chi connectivity index (χ1v) is 10.7. The number of hydrogen-bond donors (Lipinski definition) is 1. The minimum atomic E-state index is -0.458. The molecule has 8 nitrogen and oxygen atoms in total. The van der Waals surface area contributed by atoms with Gasteiger partial charge in [-0.15, -0.1) is 10.2 Å². The molecule has 0 saturated heterocycles. The van der Waals surface area contributed by atoms with E-state index in [4.69, 9.17) is 10.5 Å².